The zero-order valence-corrected chi connectivity index (χ0v) is 11.3. The normalized spacial score (nSPS) is 18.5. The minimum Gasteiger partial charge on any atom is -0.303 e. The monoisotopic (exact) mass is 231 g/mol. The highest BCUT2D eigenvalue weighted by Crippen LogP contribution is 2.28. The summed E-state index contributed by atoms with van der Waals surface area (Å²) in [5.41, 5.74) is 3.01. The lowest BCUT2D eigenvalue weighted by Gasteiger charge is -2.32. The average Bonchev–Trinajstić information content (AvgIpc) is 2.40. The summed E-state index contributed by atoms with van der Waals surface area (Å²) in [6, 6.07) is 9.29. The van der Waals surface area contributed by atoms with Gasteiger partial charge in [0, 0.05) is 0 Å². The van der Waals surface area contributed by atoms with Crippen molar-refractivity contribution in [3.8, 4) is 0 Å². The predicted octanol–water partition coefficient (Wildman–Crippen LogP) is 3.84. The van der Waals surface area contributed by atoms with Crippen LogP contribution in [0.15, 0.2) is 24.3 Å². The Morgan fingerprint density at radius 1 is 1.06 bits per heavy atom. The number of rotatable bonds is 4. The van der Waals surface area contributed by atoms with Gasteiger partial charge in [-0.15, -0.1) is 0 Å². The quantitative estimate of drug-likeness (QED) is 0.761. The van der Waals surface area contributed by atoms with Gasteiger partial charge >= 0.3 is 0 Å². The van der Waals surface area contributed by atoms with Crippen molar-refractivity contribution in [1.29, 1.82) is 0 Å². The third-order valence-corrected chi connectivity index (χ3v) is 3.99. The van der Waals surface area contributed by atoms with Crippen molar-refractivity contribution >= 4 is 0 Å². The summed E-state index contributed by atoms with van der Waals surface area (Å²) in [6.07, 6.45) is 5.11. The van der Waals surface area contributed by atoms with E-state index in [4.69, 9.17) is 0 Å². The summed E-state index contributed by atoms with van der Waals surface area (Å²) >= 11 is 0. The molecule has 17 heavy (non-hydrogen) atoms. The van der Waals surface area contributed by atoms with Gasteiger partial charge in [0.15, 0.2) is 0 Å². The van der Waals surface area contributed by atoms with Gasteiger partial charge in [0.05, 0.1) is 0 Å². The zero-order chi connectivity index (χ0) is 12.1. The summed E-state index contributed by atoms with van der Waals surface area (Å²) in [7, 11) is 0. The molecule has 0 aromatic heterocycles. The molecule has 2 rings (SSSR count). The lowest BCUT2D eigenvalue weighted by molar-refractivity contribution is 0.213. The molecule has 1 aromatic carbocycles. The first-order chi connectivity index (χ1) is 8.33. The first kappa shape index (κ1) is 12.6. The molecule has 0 aliphatic carbocycles. The van der Waals surface area contributed by atoms with Crippen LogP contribution >= 0.6 is 0 Å². The molecule has 0 atom stereocenters. The number of hydrogen-bond donors (Lipinski definition) is 0. The molecule has 1 heterocycles. The van der Waals surface area contributed by atoms with E-state index >= 15 is 0 Å². The van der Waals surface area contributed by atoms with Gasteiger partial charge in [-0.05, 0) is 62.4 Å². The molecule has 1 nitrogen and oxygen atoms in total. The van der Waals surface area contributed by atoms with Crippen molar-refractivity contribution in [2.45, 2.75) is 45.4 Å². The van der Waals surface area contributed by atoms with Gasteiger partial charge in [-0.3, -0.25) is 0 Å². The lowest BCUT2D eigenvalue weighted by atomic mass is 9.89. The molecule has 1 aromatic rings. The zero-order valence-electron chi connectivity index (χ0n) is 11.3. The molecule has 0 amide bonds. The van der Waals surface area contributed by atoms with E-state index in [1.807, 2.05) is 0 Å². The molecule has 0 N–H and O–H groups in total. The Kier molecular flexibility index (Phi) is 4.61. The van der Waals surface area contributed by atoms with E-state index in [9.17, 15) is 0 Å². The van der Waals surface area contributed by atoms with Crippen molar-refractivity contribution in [3.63, 3.8) is 0 Å². The second-order valence-corrected chi connectivity index (χ2v) is 5.21. The van der Waals surface area contributed by atoms with Crippen LogP contribution in [0.1, 0.15) is 50.2 Å². The van der Waals surface area contributed by atoms with Crippen LogP contribution in [0.3, 0.4) is 0 Å². The average molecular weight is 231 g/mol. The second kappa shape index (κ2) is 6.20. The number of nitrogens with zero attached hydrogens (tertiary/aromatic N) is 1. The van der Waals surface area contributed by atoms with E-state index in [0.717, 1.165) is 12.3 Å². The first-order valence-corrected chi connectivity index (χ1v) is 7.14. The van der Waals surface area contributed by atoms with E-state index in [1.165, 1.54) is 44.5 Å². The highest BCUT2D eigenvalue weighted by Gasteiger charge is 2.19. The van der Waals surface area contributed by atoms with E-state index in [0.29, 0.717) is 0 Å². The summed E-state index contributed by atoms with van der Waals surface area (Å²) in [4.78, 5) is 2.61. The van der Waals surface area contributed by atoms with E-state index in [-0.39, 0.29) is 0 Å². The maximum Gasteiger partial charge on any atom is -0.00129 e. The van der Waals surface area contributed by atoms with Gasteiger partial charge in [0.1, 0.15) is 0 Å². The Balaban J connectivity index is 1.91. The Morgan fingerprint density at radius 2 is 1.71 bits per heavy atom. The van der Waals surface area contributed by atoms with E-state index in [2.05, 4.69) is 43.0 Å². The van der Waals surface area contributed by atoms with Crippen LogP contribution in [0, 0.1) is 0 Å². The summed E-state index contributed by atoms with van der Waals surface area (Å²) in [5, 5.41) is 0. The van der Waals surface area contributed by atoms with Crippen LogP contribution in [0.5, 0.6) is 0 Å². The number of benzene rings is 1. The fourth-order valence-electron chi connectivity index (χ4n) is 2.83. The van der Waals surface area contributed by atoms with Crippen molar-refractivity contribution in [2.75, 3.05) is 19.6 Å². The standard InChI is InChI=1S/C16H25N/c1-3-11-17-12-9-16(10-13-17)15-7-5-14(4-2)6-8-15/h5-8,16H,3-4,9-13H2,1-2H3. The third kappa shape index (κ3) is 3.32. The second-order valence-electron chi connectivity index (χ2n) is 5.21. The lowest BCUT2D eigenvalue weighted by Crippen LogP contribution is -2.33. The van der Waals surface area contributed by atoms with Crippen molar-refractivity contribution in [2.24, 2.45) is 0 Å². The molecule has 1 fully saturated rings. The highest BCUT2D eigenvalue weighted by molar-refractivity contribution is 5.25. The van der Waals surface area contributed by atoms with Crippen molar-refractivity contribution < 1.29 is 0 Å². The molecular formula is C16H25N. The minimum atomic E-state index is 0.800. The Morgan fingerprint density at radius 3 is 2.24 bits per heavy atom. The Hall–Kier alpha value is -0.820. The number of hydrogen-bond acceptors (Lipinski definition) is 1. The van der Waals surface area contributed by atoms with Gasteiger partial charge in [0.25, 0.3) is 0 Å². The molecule has 0 saturated carbocycles. The molecule has 1 aliphatic rings. The van der Waals surface area contributed by atoms with Gasteiger partial charge in [-0.2, -0.15) is 0 Å². The Bertz CT molecular complexity index is 320. The molecule has 0 unspecified atom stereocenters. The highest BCUT2D eigenvalue weighted by atomic mass is 15.1. The predicted molar refractivity (Wildman–Crippen MR) is 74.5 cm³/mol. The molecule has 1 aliphatic heterocycles. The van der Waals surface area contributed by atoms with Gasteiger partial charge in [-0.25, -0.2) is 0 Å². The van der Waals surface area contributed by atoms with Gasteiger partial charge < -0.3 is 4.90 Å². The molecule has 0 spiro atoms. The molecular weight excluding hydrogens is 206 g/mol. The molecule has 0 radical (unpaired) electrons. The van der Waals surface area contributed by atoms with Crippen molar-refractivity contribution in [1.82, 2.24) is 4.90 Å². The van der Waals surface area contributed by atoms with Gasteiger partial charge in [-0.1, -0.05) is 38.1 Å². The molecule has 1 saturated heterocycles. The van der Waals surface area contributed by atoms with E-state index < -0.39 is 0 Å². The first-order valence-electron chi connectivity index (χ1n) is 7.14. The Labute approximate surface area is 106 Å². The largest absolute Gasteiger partial charge is 0.303 e. The summed E-state index contributed by atoms with van der Waals surface area (Å²) in [6.45, 7) is 8.34. The number of aryl methyl sites for hydroxylation is 1. The van der Waals surface area contributed by atoms with Crippen molar-refractivity contribution in [3.05, 3.63) is 35.4 Å². The van der Waals surface area contributed by atoms with Crippen LogP contribution < -0.4 is 0 Å². The van der Waals surface area contributed by atoms with Crippen LogP contribution in [-0.4, -0.2) is 24.5 Å². The van der Waals surface area contributed by atoms with Crippen LogP contribution in [0.4, 0.5) is 0 Å². The van der Waals surface area contributed by atoms with Gasteiger partial charge in [0.2, 0.25) is 0 Å². The maximum absolute atomic E-state index is 2.61. The fraction of sp³-hybridized carbons (Fsp3) is 0.625. The SMILES string of the molecule is CCCN1CCC(c2ccc(CC)cc2)CC1. The molecule has 0 bridgehead atoms. The fourth-order valence-corrected chi connectivity index (χ4v) is 2.83. The third-order valence-electron chi connectivity index (χ3n) is 3.99. The van der Waals surface area contributed by atoms with Crippen LogP contribution in [0.25, 0.3) is 0 Å². The summed E-state index contributed by atoms with van der Waals surface area (Å²) < 4.78 is 0. The molecule has 94 valence electrons. The topological polar surface area (TPSA) is 3.24 Å². The van der Waals surface area contributed by atoms with E-state index in [1.54, 1.807) is 5.56 Å². The van der Waals surface area contributed by atoms with Crippen LogP contribution in [-0.2, 0) is 6.42 Å². The maximum atomic E-state index is 2.61. The summed E-state index contributed by atoms with van der Waals surface area (Å²) in [5.74, 6) is 0.800. The van der Waals surface area contributed by atoms with Crippen LogP contribution in [0.2, 0.25) is 0 Å². The number of piperidine rings is 1. The molecule has 1 heteroatoms. The minimum absolute atomic E-state index is 0.800. The smallest absolute Gasteiger partial charge is 0.00129 e. The number of likely N-dealkylation sites (tertiary alicyclic amines) is 1.